The first-order valence-corrected chi connectivity index (χ1v) is 5.96. The number of nitrogens with zero attached hydrogens (tertiary/aromatic N) is 2. The molecule has 0 amide bonds. The van der Waals surface area contributed by atoms with Crippen molar-refractivity contribution in [2.24, 2.45) is 0 Å². The van der Waals surface area contributed by atoms with E-state index in [0.717, 1.165) is 29.9 Å². The van der Waals surface area contributed by atoms with Gasteiger partial charge in [0, 0.05) is 13.2 Å². The van der Waals surface area contributed by atoms with Crippen LogP contribution >= 0.6 is 11.6 Å². The topological polar surface area (TPSA) is 67.3 Å². The standard InChI is InChI=1S/C11H18ClN3O2/c1-8-9(2)11(15-14-10(8)12)13-4-3-6-17-7-5-16/h16H,3-7H2,1-2H3,(H,13,15). The second kappa shape index (κ2) is 7.42. The van der Waals surface area contributed by atoms with Gasteiger partial charge in [-0.25, -0.2) is 0 Å². The Kier molecular flexibility index (Phi) is 6.18. The minimum absolute atomic E-state index is 0.0639. The molecule has 5 nitrogen and oxygen atoms in total. The molecule has 1 rings (SSSR count). The lowest BCUT2D eigenvalue weighted by atomic mass is 10.2. The van der Waals surface area contributed by atoms with Gasteiger partial charge in [0.1, 0.15) is 0 Å². The number of anilines is 1. The fraction of sp³-hybridized carbons (Fsp3) is 0.636. The van der Waals surface area contributed by atoms with E-state index in [1.807, 2.05) is 13.8 Å². The summed E-state index contributed by atoms with van der Waals surface area (Å²) in [4.78, 5) is 0. The molecular formula is C11H18ClN3O2. The van der Waals surface area contributed by atoms with Crippen LogP contribution < -0.4 is 5.32 Å². The molecule has 0 fully saturated rings. The molecule has 0 saturated carbocycles. The maximum absolute atomic E-state index is 8.52. The normalized spacial score (nSPS) is 10.6. The molecule has 0 aromatic carbocycles. The van der Waals surface area contributed by atoms with Gasteiger partial charge < -0.3 is 15.2 Å². The molecule has 6 heteroatoms. The molecule has 0 aliphatic carbocycles. The Balaban J connectivity index is 2.35. The highest BCUT2D eigenvalue weighted by atomic mass is 35.5. The Morgan fingerprint density at radius 3 is 2.71 bits per heavy atom. The summed E-state index contributed by atoms with van der Waals surface area (Å²) < 4.78 is 5.15. The molecule has 0 aliphatic heterocycles. The van der Waals surface area contributed by atoms with Gasteiger partial charge in [-0.15, -0.1) is 10.2 Å². The maximum Gasteiger partial charge on any atom is 0.155 e. The number of halogens is 1. The van der Waals surface area contributed by atoms with Crippen molar-refractivity contribution in [3.8, 4) is 0 Å². The van der Waals surface area contributed by atoms with Gasteiger partial charge in [-0.2, -0.15) is 0 Å². The van der Waals surface area contributed by atoms with Gasteiger partial charge in [0.2, 0.25) is 0 Å². The highest BCUT2D eigenvalue weighted by molar-refractivity contribution is 6.30. The van der Waals surface area contributed by atoms with Gasteiger partial charge in [-0.1, -0.05) is 11.6 Å². The van der Waals surface area contributed by atoms with Crippen LogP contribution in [0.5, 0.6) is 0 Å². The molecule has 96 valence electrons. The van der Waals surface area contributed by atoms with Crippen LogP contribution in [0.25, 0.3) is 0 Å². The monoisotopic (exact) mass is 259 g/mol. The van der Waals surface area contributed by atoms with E-state index in [1.165, 1.54) is 0 Å². The van der Waals surface area contributed by atoms with Gasteiger partial charge in [-0.3, -0.25) is 0 Å². The molecule has 0 atom stereocenters. The first-order chi connectivity index (χ1) is 8.16. The smallest absolute Gasteiger partial charge is 0.155 e. The zero-order chi connectivity index (χ0) is 12.7. The summed E-state index contributed by atoms with van der Waals surface area (Å²) in [6.07, 6.45) is 0.850. The van der Waals surface area contributed by atoms with Crippen molar-refractivity contribution in [2.45, 2.75) is 20.3 Å². The zero-order valence-electron chi connectivity index (χ0n) is 10.2. The lowest BCUT2D eigenvalue weighted by molar-refractivity contribution is 0.0922. The largest absolute Gasteiger partial charge is 0.394 e. The Morgan fingerprint density at radius 1 is 1.24 bits per heavy atom. The summed E-state index contributed by atoms with van der Waals surface area (Å²) >= 11 is 5.86. The summed E-state index contributed by atoms with van der Waals surface area (Å²) in [5, 5.41) is 20.0. The number of aliphatic hydroxyl groups is 1. The van der Waals surface area contributed by atoms with Gasteiger partial charge in [-0.05, 0) is 31.4 Å². The molecular weight excluding hydrogens is 242 g/mol. The van der Waals surface area contributed by atoms with E-state index >= 15 is 0 Å². The van der Waals surface area contributed by atoms with Gasteiger partial charge in [0.25, 0.3) is 0 Å². The van der Waals surface area contributed by atoms with Crippen LogP contribution in [0.2, 0.25) is 5.15 Å². The van der Waals surface area contributed by atoms with Crippen molar-refractivity contribution in [3.05, 3.63) is 16.3 Å². The minimum atomic E-state index is 0.0639. The van der Waals surface area contributed by atoms with E-state index in [0.29, 0.717) is 18.4 Å². The maximum atomic E-state index is 8.52. The van der Waals surface area contributed by atoms with Crippen molar-refractivity contribution < 1.29 is 9.84 Å². The Hall–Kier alpha value is -0.910. The van der Waals surface area contributed by atoms with Crippen LogP contribution in [0.1, 0.15) is 17.5 Å². The third-order valence-corrected chi connectivity index (χ3v) is 2.82. The first-order valence-electron chi connectivity index (χ1n) is 5.58. The van der Waals surface area contributed by atoms with Crippen LogP contribution in [-0.2, 0) is 4.74 Å². The number of rotatable bonds is 7. The molecule has 0 aliphatic rings. The molecule has 1 heterocycles. The average molecular weight is 260 g/mol. The highest BCUT2D eigenvalue weighted by Gasteiger charge is 2.06. The molecule has 0 radical (unpaired) electrons. The predicted octanol–water partition coefficient (Wildman–Crippen LogP) is 1.56. The van der Waals surface area contributed by atoms with E-state index in [-0.39, 0.29) is 6.61 Å². The van der Waals surface area contributed by atoms with Gasteiger partial charge >= 0.3 is 0 Å². The summed E-state index contributed by atoms with van der Waals surface area (Å²) in [6, 6.07) is 0. The highest BCUT2D eigenvalue weighted by Crippen LogP contribution is 2.20. The van der Waals surface area contributed by atoms with Crippen molar-refractivity contribution >= 4 is 17.4 Å². The van der Waals surface area contributed by atoms with Crippen LogP contribution in [0.3, 0.4) is 0 Å². The summed E-state index contributed by atoms with van der Waals surface area (Å²) in [5.74, 6) is 0.758. The molecule has 17 heavy (non-hydrogen) atoms. The summed E-state index contributed by atoms with van der Waals surface area (Å²) in [5.41, 5.74) is 1.96. The van der Waals surface area contributed by atoms with Crippen molar-refractivity contribution in [1.29, 1.82) is 0 Å². The number of hydrogen-bond acceptors (Lipinski definition) is 5. The van der Waals surface area contributed by atoms with E-state index < -0.39 is 0 Å². The first kappa shape index (κ1) is 14.2. The molecule has 1 aromatic heterocycles. The van der Waals surface area contributed by atoms with E-state index in [2.05, 4.69) is 15.5 Å². The lowest BCUT2D eigenvalue weighted by Crippen LogP contribution is -2.10. The second-order valence-electron chi connectivity index (χ2n) is 3.71. The van der Waals surface area contributed by atoms with Gasteiger partial charge in [0.15, 0.2) is 11.0 Å². The molecule has 2 N–H and O–H groups in total. The fourth-order valence-corrected chi connectivity index (χ4v) is 1.47. The third-order valence-electron chi connectivity index (χ3n) is 2.46. The second-order valence-corrected chi connectivity index (χ2v) is 4.06. The average Bonchev–Trinajstić information content (AvgIpc) is 2.33. The van der Waals surface area contributed by atoms with Crippen molar-refractivity contribution in [3.63, 3.8) is 0 Å². The van der Waals surface area contributed by atoms with Crippen LogP contribution in [0.4, 0.5) is 5.82 Å². The Bertz CT molecular complexity index is 361. The number of ether oxygens (including phenoxy) is 1. The predicted molar refractivity (Wildman–Crippen MR) is 67.5 cm³/mol. The van der Waals surface area contributed by atoms with E-state index in [1.54, 1.807) is 0 Å². The van der Waals surface area contributed by atoms with Crippen molar-refractivity contribution in [2.75, 3.05) is 31.7 Å². The lowest BCUT2D eigenvalue weighted by Gasteiger charge is -2.10. The third kappa shape index (κ3) is 4.46. The number of hydrogen-bond donors (Lipinski definition) is 2. The van der Waals surface area contributed by atoms with Crippen molar-refractivity contribution in [1.82, 2.24) is 10.2 Å². The van der Waals surface area contributed by atoms with Crippen LogP contribution in [-0.4, -0.2) is 41.7 Å². The molecule has 0 spiro atoms. The summed E-state index contributed by atoms with van der Waals surface area (Å²) in [6.45, 7) is 5.70. The SMILES string of the molecule is Cc1c(Cl)nnc(NCCCOCCO)c1C. The van der Waals surface area contributed by atoms with E-state index in [4.69, 9.17) is 21.4 Å². The number of aromatic nitrogens is 2. The zero-order valence-corrected chi connectivity index (χ0v) is 10.9. The molecule has 0 bridgehead atoms. The Morgan fingerprint density at radius 2 is 2.00 bits per heavy atom. The van der Waals surface area contributed by atoms with Gasteiger partial charge in [0.05, 0.1) is 13.2 Å². The van der Waals surface area contributed by atoms with Crippen LogP contribution in [0.15, 0.2) is 0 Å². The summed E-state index contributed by atoms with van der Waals surface area (Å²) in [7, 11) is 0. The molecule has 1 aromatic rings. The fourth-order valence-electron chi connectivity index (χ4n) is 1.29. The molecule has 0 unspecified atom stereocenters. The molecule has 0 saturated heterocycles. The number of aliphatic hydroxyl groups excluding tert-OH is 1. The van der Waals surface area contributed by atoms with Crippen LogP contribution in [0, 0.1) is 13.8 Å². The quantitative estimate of drug-likeness (QED) is 0.728. The number of nitrogens with one attached hydrogen (secondary N) is 1. The van der Waals surface area contributed by atoms with E-state index in [9.17, 15) is 0 Å². The minimum Gasteiger partial charge on any atom is -0.394 e. The Labute approximate surface area is 106 Å².